The number of ether oxygens (including phenoxy) is 5. The molecule has 12 nitrogen and oxygen atoms in total. The van der Waals surface area contributed by atoms with Gasteiger partial charge in [0.15, 0.2) is 14.4 Å². The lowest BCUT2D eigenvalue weighted by atomic mass is 9.84. The number of rotatable bonds is 13. The lowest BCUT2D eigenvalue weighted by molar-refractivity contribution is -0.0653. The fraction of sp³-hybridized carbons (Fsp3) is 0.439. The average Bonchev–Trinajstić information content (AvgIpc) is 3.78. The summed E-state index contributed by atoms with van der Waals surface area (Å²) in [6, 6.07) is 28.1. The summed E-state index contributed by atoms with van der Waals surface area (Å²) in [5.74, 6) is 0.734. The van der Waals surface area contributed by atoms with Crippen LogP contribution in [0.2, 0.25) is 18.1 Å². The van der Waals surface area contributed by atoms with Crippen LogP contribution in [-0.2, 0) is 32.3 Å². The quantitative estimate of drug-likeness (QED) is 0.0643. The maximum absolute atomic E-state index is 13.3. The number of benzene rings is 3. The van der Waals surface area contributed by atoms with Gasteiger partial charge in [0, 0.05) is 30.2 Å². The van der Waals surface area contributed by atoms with Gasteiger partial charge in [0.1, 0.15) is 35.5 Å². The summed E-state index contributed by atoms with van der Waals surface area (Å²) in [5, 5.41) is -0.109. The number of aromatic amines is 1. The van der Waals surface area contributed by atoms with E-state index in [1.54, 1.807) is 14.0 Å². The van der Waals surface area contributed by atoms with Gasteiger partial charge >= 0.3 is 11.8 Å². The predicted octanol–water partition coefficient (Wildman–Crippen LogP) is 7.11. The molecule has 0 spiro atoms. The minimum Gasteiger partial charge on any atom is -0.497 e. The minimum absolute atomic E-state index is 0.109. The van der Waals surface area contributed by atoms with Crippen LogP contribution in [0.5, 0.6) is 5.75 Å². The number of carbonyl (C=O) groups excluding carboxylic acids is 1. The second kappa shape index (κ2) is 16.9. The van der Waals surface area contributed by atoms with Gasteiger partial charge < -0.3 is 32.3 Å². The average molecular weight is 791 g/mol. The third-order valence-corrected chi connectivity index (χ3v) is 16.4. The summed E-state index contributed by atoms with van der Waals surface area (Å²) in [6.07, 6.45) is -2.39. The molecule has 0 saturated carbocycles. The van der Waals surface area contributed by atoms with Crippen LogP contribution in [-0.4, -0.2) is 75.4 Å². The van der Waals surface area contributed by atoms with E-state index in [2.05, 4.69) is 63.1 Å². The standard InChI is InChI=1S/C41H50N2O10SSi/c1-27-23-43(38(45)42-37(27)44)36-22-32(53-55(6,7)40(2,3)4)34(50-36)26-49-39(46)51-33-24-48-25-35(33)52-54-41(28-14-10-8-11-15-28,29-16-12-9-13-17-29)30-18-20-31(47-5)21-19-30/h8-21,23,32-36H,22,24-26H2,1-7H3,(H,42,44,45)/t32-,33?,34+,35?,36+/m0/s1. The summed E-state index contributed by atoms with van der Waals surface area (Å²) in [5.41, 5.74) is 2.28. The molecule has 2 unspecified atom stereocenters. The number of carbonyl (C=O) groups is 1. The van der Waals surface area contributed by atoms with Crippen LogP contribution in [0.15, 0.2) is 101 Å². The number of hydrogen-bond donors (Lipinski definition) is 1. The zero-order chi connectivity index (χ0) is 39.4. The number of aryl methyl sites for hydroxylation is 1. The fourth-order valence-corrected chi connectivity index (χ4v) is 8.98. The monoisotopic (exact) mass is 790 g/mol. The van der Waals surface area contributed by atoms with Gasteiger partial charge in [-0.25, -0.2) is 9.59 Å². The molecule has 3 heterocycles. The van der Waals surface area contributed by atoms with E-state index in [9.17, 15) is 14.4 Å². The van der Waals surface area contributed by atoms with E-state index in [-0.39, 0.29) is 24.9 Å². The number of nitrogens with one attached hydrogen (secondary N) is 1. The van der Waals surface area contributed by atoms with Gasteiger partial charge in [0.25, 0.3) is 5.56 Å². The second-order valence-corrected chi connectivity index (χ2v) is 21.1. The molecule has 1 N–H and O–H groups in total. The molecule has 2 fully saturated rings. The van der Waals surface area contributed by atoms with E-state index in [0.29, 0.717) is 12.0 Å². The maximum atomic E-state index is 13.3. The molecule has 4 aromatic rings. The van der Waals surface area contributed by atoms with Crippen LogP contribution in [0.3, 0.4) is 0 Å². The van der Waals surface area contributed by atoms with Gasteiger partial charge in [-0.15, -0.1) is 0 Å². The molecule has 2 aliphatic rings. The van der Waals surface area contributed by atoms with Crippen molar-refractivity contribution in [2.24, 2.45) is 0 Å². The van der Waals surface area contributed by atoms with Crippen LogP contribution < -0.4 is 16.0 Å². The fourth-order valence-electron chi connectivity index (χ4n) is 6.47. The number of methoxy groups -OCH3 is 1. The SMILES string of the molecule is COc1ccc(C(SOC2COCC2OC(=O)OC[C@H]2O[C@@H](n3cc(C)c(=O)[nH]c3=O)C[C@@H]2O[Si](C)(C)C(C)(C)C)(c2ccccc2)c2ccccc2)cc1. The zero-order valence-corrected chi connectivity index (χ0v) is 34.1. The van der Waals surface area contributed by atoms with Crippen LogP contribution in [0.1, 0.15) is 55.7 Å². The number of aromatic nitrogens is 2. The van der Waals surface area contributed by atoms with E-state index >= 15 is 0 Å². The van der Waals surface area contributed by atoms with Crippen molar-refractivity contribution < 1.29 is 37.1 Å². The number of nitrogens with zero attached hydrogens (tertiary/aromatic N) is 1. The highest BCUT2D eigenvalue weighted by molar-refractivity contribution is 7.96. The molecule has 0 radical (unpaired) electrons. The third kappa shape index (κ3) is 8.95. The normalized spacial score (nSPS) is 21.7. The molecule has 0 amide bonds. The van der Waals surface area contributed by atoms with E-state index in [1.165, 1.54) is 22.8 Å². The van der Waals surface area contributed by atoms with E-state index in [4.69, 9.17) is 32.3 Å². The van der Waals surface area contributed by atoms with Crippen molar-refractivity contribution in [3.8, 4) is 5.75 Å². The van der Waals surface area contributed by atoms with Gasteiger partial charge in [-0.05, 0) is 53.9 Å². The zero-order valence-electron chi connectivity index (χ0n) is 32.3. The molecule has 6 rings (SSSR count). The summed E-state index contributed by atoms with van der Waals surface area (Å²) < 4.78 is 42.9. The van der Waals surface area contributed by atoms with Crippen LogP contribution >= 0.6 is 12.0 Å². The van der Waals surface area contributed by atoms with Crippen molar-refractivity contribution in [2.75, 3.05) is 26.9 Å². The van der Waals surface area contributed by atoms with Gasteiger partial charge in [-0.3, -0.25) is 14.3 Å². The minimum atomic E-state index is -2.31. The highest BCUT2D eigenvalue weighted by Crippen LogP contribution is 2.50. The van der Waals surface area contributed by atoms with Crippen molar-refractivity contribution in [3.05, 3.63) is 134 Å². The van der Waals surface area contributed by atoms with Gasteiger partial charge in [0.05, 0.1) is 26.4 Å². The maximum Gasteiger partial charge on any atom is 0.508 e. The molecule has 2 aliphatic heterocycles. The van der Waals surface area contributed by atoms with Crippen molar-refractivity contribution in [3.63, 3.8) is 0 Å². The molecule has 0 aliphatic carbocycles. The van der Waals surface area contributed by atoms with Gasteiger partial charge in [0.2, 0.25) is 0 Å². The second-order valence-electron chi connectivity index (χ2n) is 15.4. The molecule has 2 saturated heterocycles. The topological polar surface area (TPSA) is 137 Å². The van der Waals surface area contributed by atoms with Crippen molar-refractivity contribution in [2.45, 2.75) is 87.6 Å². The summed E-state index contributed by atoms with van der Waals surface area (Å²) >= 11 is 1.28. The van der Waals surface area contributed by atoms with Gasteiger partial charge in [-0.2, -0.15) is 0 Å². The molecular formula is C41H50N2O10SSi. The lowest BCUT2D eigenvalue weighted by Gasteiger charge is -2.39. The first-order chi connectivity index (χ1) is 26.2. The number of hydrogen-bond acceptors (Lipinski definition) is 11. The van der Waals surface area contributed by atoms with E-state index < -0.39 is 61.1 Å². The highest BCUT2D eigenvalue weighted by Gasteiger charge is 2.46. The van der Waals surface area contributed by atoms with Crippen molar-refractivity contribution in [1.29, 1.82) is 0 Å². The molecule has 55 heavy (non-hydrogen) atoms. The lowest BCUT2D eigenvalue weighted by Crippen LogP contribution is -2.46. The molecule has 0 bridgehead atoms. The highest BCUT2D eigenvalue weighted by atomic mass is 32.2. The molecular weight excluding hydrogens is 741 g/mol. The van der Waals surface area contributed by atoms with Crippen molar-refractivity contribution in [1.82, 2.24) is 9.55 Å². The molecule has 14 heteroatoms. The predicted molar refractivity (Wildman–Crippen MR) is 212 cm³/mol. The smallest absolute Gasteiger partial charge is 0.497 e. The summed E-state index contributed by atoms with van der Waals surface area (Å²) in [7, 11) is -0.677. The first-order valence-electron chi connectivity index (χ1n) is 18.4. The summed E-state index contributed by atoms with van der Waals surface area (Å²) in [6.45, 7) is 12.4. The Kier molecular flexibility index (Phi) is 12.4. The molecule has 1 aromatic heterocycles. The van der Waals surface area contributed by atoms with E-state index in [1.807, 2.05) is 60.7 Å². The van der Waals surface area contributed by atoms with E-state index in [0.717, 1.165) is 22.4 Å². The van der Waals surface area contributed by atoms with Crippen LogP contribution in [0.4, 0.5) is 4.79 Å². The largest absolute Gasteiger partial charge is 0.508 e. The van der Waals surface area contributed by atoms with Crippen LogP contribution in [0, 0.1) is 6.92 Å². The van der Waals surface area contributed by atoms with Gasteiger partial charge in [-0.1, -0.05) is 93.6 Å². The third-order valence-electron chi connectivity index (χ3n) is 10.6. The Hall–Kier alpha value is -4.18. The first kappa shape index (κ1) is 40.5. The Balaban J connectivity index is 1.17. The Morgan fingerprint density at radius 1 is 0.891 bits per heavy atom. The molecule has 5 atom stereocenters. The van der Waals surface area contributed by atoms with Crippen molar-refractivity contribution >= 4 is 26.5 Å². The molecule has 294 valence electrons. The Morgan fingerprint density at radius 2 is 1.49 bits per heavy atom. The Morgan fingerprint density at radius 3 is 2.09 bits per heavy atom. The number of H-pyrrole nitrogens is 1. The molecule has 3 aromatic carbocycles. The summed E-state index contributed by atoms with van der Waals surface area (Å²) in [4.78, 5) is 40.5. The van der Waals surface area contributed by atoms with Crippen LogP contribution in [0.25, 0.3) is 0 Å². The Bertz CT molecular complexity index is 1980. The first-order valence-corrected chi connectivity index (χ1v) is 22.0. The Labute approximate surface area is 326 Å².